The SMILES string of the molecule is CCCn1cncc1C(CN)NC1CC1. The number of nitrogens with two attached hydrogens (primary N) is 1. The number of hydrogen-bond acceptors (Lipinski definition) is 3. The summed E-state index contributed by atoms with van der Waals surface area (Å²) in [6.45, 7) is 3.85. The summed E-state index contributed by atoms with van der Waals surface area (Å²) in [6.07, 6.45) is 7.54. The molecule has 4 nitrogen and oxygen atoms in total. The van der Waals surface area contributed by atoms with E-state index >= 15 is 0 Å². The summed E-state index contributed by atoms with van der Waals surface area (Å²) in [7, 11) is 0. The summed E-state index contributed by atoms with van der Waals surface area (Å²) in [5.41, 5.74) is 7.03. The quantitative estimate of drug-likeness (QED) is 0.734. The molecule has 0 amide bonds. The van der Waals surface area contributed by atoms with Gasteiger partial charge in [-0.1, -0.05) is 6.92 Å². The fraction of sp³-hybridized carbons (Fsp3) is 0.727. The van der Waals surface area contributed by atoms with Crippen LogP contribution in [0, 0.1) is 0 Å². The Morgan fingerprint density at radius 2 is 2.47 bits per heavy atom. The lowest BCUT2D eigenvalue weighted by molar-refractivity contribution is 0.495. The second-order valence-electron chi connectivity index (χ2n) is 4.24. The molecule has 1 unspecified atom stereocenters. The molecule has 1 aliphatic carbocycles. The monoisotopic (exact) mass is 208 g/mol. The predicted octanol–water partition coefficient (Wildman–Crippen LogP) is 1.04. The van der Waals surface area contributed by atoms with Crippen LogP contribution in [0.15, 0.2) is 12.5 Å². The lowest BCUT2D eigenvalue weighted by atomic mass is 10.2. The van der Waals surface area contributed by atoms with Crippen molar-refractivity contribution in [3.63, 3.8) is 0 Å². The molecule has 2 rings (SSSR count). The zero-order valence-electron chi connectivity index (χ0n) is 9.32. The first-order valence-electron chi connectivity index (χ1n) is 5.81. The Labute approximate surface area is 90.9 Å². The van der Waals surface area contributed by atoms with Crippen LogP contribution in [0.4, 0.5) is 0 Å². The predicted molar refractivity (Wildman–Crippen MR) is 60.5 cm³/mol. The summed E-state index contributed by atoms with van der Waals surface area (Å²) < 4.78 is 2.20. The average molecular weight is 208 g/mol. The first-order valence-corrected chi connectivity index (χ1v) is 5.81. The number of nitrogens with zero attached hydrogens (tertiary/aromatic N) is 2. The van der Waals surface area contributed by atoms with E-state index in [-0.39, 0.29) is 6.04 Å². The summed E-state index contributed by atoms with van der Waals surface area (Å²) >= 11 is 0. The maximum Gasteiger partial charge on any atom is 0.0948 e. The third kappa shape index (κ3) is 2.58. The molecule has 15 heavy (non-hydrogen) atoms. The summed E-state index contributed by atoms with van der Waals surface area (Å²) in [5.74, 6) is 0. The van der Waals surface area contributed by atoms with Gasteiger partial charge in [0.05, 0.1) is 18.1 Å². The van der Waals surface area contributed by atoms with Crippen molar-refractivity contribution in [1.29, 1.82) is 0 Å². The Hall–Kier alpha value is -0.870. The molecule has 84 valence electrons. The maximum atomic E-state index is 5.80. The van der Waals surface area contributed by atoms with Crippen molar-refractivity contribution in [3.05, 3.63) is 18.2 Å². The summed E-state index contributed by atoms with van der Waals surface area (Å²) in [4.78, 5) is 4.20. The van der Waals surface area contributed by atoms with E-state index in [1.54, 1.807) is 0 Å². The third-order valence-electron chi connectivity index (χ3n) is 2.82. The number of rotatable bonds is 6. The van der Waals surface area contributed by atoms with Gasteiger partial charge in [-0.2, -0.15) is 0 Å². The summed E-state index contributed by atoms with van der Waals surface area (Å²) in [6, 6.07) is 0.954. The molecule has 1 aromatic rings. The Kier molecular flexibility index (Phi) is 3.38. The minimum absolute atomic E-state index is 0.270. The van der Waals surface area contributed by atoms with Crippen LogP contribution >= 0.6 is 0 Å². The van der Waals surface area contributed by atoms with Crippen LogP contribution in [0.2, 0.25) is 0 Å². The van der Waals surface area contributed by atoms with Crippen molar-refractivity contribution in [2.45, 2.75) is 44.8 Å². The molecule has 0 bridgehead atoms. The minimum Gasteiger partial charge on any atom is -0.333 e. The van der Waals surface area contributed by atoms with Crippen LogP contribution in [-0.4, -0.2) is 22.1 Å². The van der Waals surface area contributed by atoms with Gasteiger partial charge in [0.2, 0.25) is 0 Å². The molecule has 1 atom stereocenters. The van der Waals surface area contributed by atoms with Crippen LogP contribution in [-0.2, 0) is 6.54 Å². The van der Waals surface area contributed by atoms with Crippen molar-refractivity contribution < 1.29 is 0 Å². The van der Waals surface area contributed by atoms with E-state index in [1.807, 2.05) is 12.5 Å². The van der Waals surface area contributed by atoms with Gasteiger partial charge < -0.3 is 15.6 Å². The molecule has 1 aliphatic rings. The van der Waals surface area contributed by atoms with E-state index in [0.717, 1.165) is 13.0 Å². The van der Waals surface area contributed by atoms with Gasteiger partial charge in [-0.05, 0) is 19.3 Å². The van der Waals surface area contributed by atoms with Crippen LogP contribution in [0.1, 0.15) is 37.9 Å². The van der Waals surface area contributed by atoms with Crippen LogP contribution in [0.3, 0.4) is 0 Å². The standard InChI is InChI=1S/C11H20N4/c1-2-5-15-8-13-7-11(15)10(6-12)14-9-3-4-9/h7-10,14H,2-6,12H2,1H3. The van der Waals surface area contributed by atoms with Gasteiger partial charge in [0.1, 0.15) is 0 Å². The van der Waals surface area contributed by atoms with Gasteiger partial charge in [-0.25, -0.2) is 4.98 Å². The first-order chi connectivity index (χ1) is 7.35. The molecule has 0 spiro atoms. The van der Waals surface area contributed by atoms with E-state index in [1.165, 1.54) is 18.5 Å². The zero-order valence-corrected chi connectivity index (χ0v) is 9.32. The van der Waals surface area contributed by atoms with Gasteiger partial charge in [-0.3, -0.25) is 0 Å². The molecule has 4 heteroatoms. The Bertz CT molecular complexity index is 303. The largest absolute Gasteiger partial charge is 0.333 e. The highest BCUT2D eigenvalue weighted by atomic mass is 15.1. The smallest absolute Gasteiger partial charge is 0.0948 e. The number of aromatic nitrogens is 2. The Morgan fingerprint density at radius 1 is 1.67 bits per heavy atom. The highest BCUT2D eigenvalue weighted by Gasteiger charge is 2.25. The average Bonchev–Trinajstić information content (AvgIpc) is 2.95. The molecule has 1 heterocycles. The van der Waals surface area contributed by atoms with Gasteiger partial charge >= 0.3 is 0 Å². The molecular formula is C11H20N4. The van der Waals surface area contributed by atoms with Gasteiger partial charge in [0.15, 0.2) is 0 Å². The lowest BCUT2D eigenvalue weighted by Crippen LogP contribution is -2.31. The molecule has 0 radical (unpaired) electrons. The molecular weight excluding hydrogens is 188 g/mol. The van der Waals surface area contributed by atoms with Crippen LogP contribution < -0.4 is 11.1 Å². The van der Waals surface area contributed by atoms with E-state index in [2.05, 4.69) is 21.8 Å². The molecule has 3 N–H and O–H groups in total. The molecule has 1 saturated carbocycles. The van der Waals surface area contributed by atoms with Crippen LogP contribution in [0.5, 0.6) is 0 Å². The maximum absolute atomic E-state index is 5.80. The zero-order chi connectivity index (χ0) is 10.7. The normalized spacial score (nSPS) is 18.0. The fourth-order valence-electron chi connectivity index (χ4n) is 1.86. The fourth-order valence-corrected chi connectivity index (χ4v) is 1.86. The van der Waals surface area contributed by atoms with Crippen molar-refractivity contribution >= 4 is 0 Å². The van der Waals surface area contributed by atoms with E-state index in [4.69, 9.17) is 5.73 Å². The summed E-state index contributed by atoms with van der Waals surface area (Å²) in [5, 5.41) is 3.56. The molecule has 0 aliphatic heterocycles. The topological polar surface area (TPSA) is 55.9 Å². The van der Waals surface area contributed by atoms with Gasteiger partial charge in [-0.15, -0.1) is 0 Å². The van der Waals surface area contributed by atoms with Crippen molar-refractivity contribution in [2.24, 2.45) is 5.73 Å². The van der Waals surface area contributed by atoms with Crippen molar-refractivity contribution in [2.75, 3.05) is 6.54 Å². The highest BCUT2D eigenvalue weighted by Crippen LogP contribution is 2.23. The van der Waals surface area contributed by atoms with Crippen LogP contribution in [0.25, 0.3) is 0 Å². The van der Waals surface area contributed by atoms with Crippen molar-refractivity contribution in [3.8, 4) is 0 Å². The van der Waals surface area contributed by atoms with E-state index in [9.17, 15) is 0 Å². The van der Waals surface area contributed by atoms with Gasteiger partial charge in [0, 0.05) is 25.3 Å². The molecule has 0 aromatic carbocycles. The minimum atomic E-state index is 0.270. The van der Waals surface area contributed by atoms with E-state index in [0.29, 0.717) is 12.6 Å². The third-order valence-corrected chi connectivity index (χ3v) is 2.82. The molecule has 1 aromatic heterocycles. The molecule has 1 fully saturated rings. The highest BCUT2D eigenvalue weighted by molar-refractivity contribution is 5.07. The molecule has 0 saturated heterocycles. The Balaban J connectivity index is 2.05. The Morgan fingerprint density at radius 3 is 3.07 bits per heavy atom. The van der Waals surface area contributed by atoms with E-state index < -0.39 is 0 Å². The number of aryl methyl sites for hydroxylation is 1. The second-order valence-corrected chi connectivity index (χ2v) is 4.24. The number of nitrogens with one attached hydrogen (secondary N) is 1. The number of hydrogen-bond donors (Lipinski definition) is 2. The second kappa shape index (κ2) is 4.77. The number of imidazole rings is 1. The first kappa shape index (κ1) is 10.6. The van der Waals surface area contributed by atoms with Gasteiger partial charge in [0.25, 0.3) is 0 Å². The van der Waals surface area contributed by atoms with Crippen molar-refractivity contribution in [1.82, 2.24) is 14.9 Å². The lowest BCUT2D eigenvalue weighted by Gasteiger charge is -2.18.